The third-order valence-electron chi connectivity index (χ3n) is 2.52. The van der Waals surface area contributed by atoms with Crippen molar-refractivity contribution in [1.29, 1.82) is 0 Å². The lowest BCUT2D eigenvalue weighted by atomic mass is 10.3. The Morgan fingerprint density at radius 2 is 2.17 bits per heavy atom. The SMILES string of the molecule is Cc1nn(C)c(Nc2c(Cl)cc(F)cc2Br)c1N. The average molecular weight is 334 g/mol. The lowest BCUT2D eigenvalue weighted by Crippen LogP contribution is -2.02. The van der Waals surface area contributed by atoms with Crippen LogP contribution in [0.25, 0.3) is 0 Å². The lowest BCUT2D eigenvalue weighted by Gasteiger charge is -2.11. The summed E-state index contributed by atoms with van der Waals surface area (Å²) in [6, 6.07) is 2.56. The molecule has 0 bridgehead atoms. The van der Waals surface area contributed by atoms with Gasteiger partial charge in [-0.1, -0.05) is 11.6 Å². The van der Waals surface area contributed by atoms with Gasteiger partial charge in [-0.05, 0) is 35.0 Å². The minimum atomic E-state index is -0.411. The first-order chi connectivity index (χ1) is 8.40. The van der Waals surface area contributed by atoms with Crippen LogP contribution >= 0.6 is 27.5 Å². The molecular weight excluding hydrogens is 323 g/mol. The van der Waals surface area contributed by atoms with Crippen LogP contribution in [0.1, 0.15) is 5.69 Å². The number of hydrogen-bond acceptors (Lipinski definition) is 3. The van der Waals surface area contributed by atoms with Crippen LogP contribution < -0.4 is 11.1 Å². The van der Waals surface area contributed by atoms with Crippen LogP contribution in [-0.4, -0.2) is 9.78 Å². The fourth-order valence-corrected chi connectivity index (χ4v) is 2.50. The first-order valence-corrected chi connectivity index (χ1v) is 6.28. The normalized spacial score (nSPS) is 10.7. The van der Waals surface area contributed by atoms with Crippen LogP contribution in [0.2, 0.25) is 5.02 Å². The number of halogens is 3. The highest BCUT2D eigenvalue weighted by atomic mass is 79.9. The molecule has 1 aromatic heterocycles. The lowest BCUT2D eigenvalue weighted by molar-refractivity contribution is 0.627. The van der Waals surface area contributed by atoms with Crippen molar-refractivity contribution >= 4 is 44.7 Å². The molecule has 2 rings (SSSR count). The van der Waals surface area contributed by atoms with Crippen molar-refractivity contribution in [3.8, 4) is 0 Å². The summed E-state index contributed by atoms with van der Waals surface area (Å²) >= 11 is 9.25. The predicted molar refractivity (Wildman–Crippen MR) is 74.8 cm³/mol. The first kappa shape index (κ1) is 13.2. The minimum Gasteiger partial charge on any atom is -0.394 e. The van der Waals surface area contributed by atoms with Gasteiger partial charge >= 0.3 is 0 Å². The van der Waals surface area contributed by atoms with Crippen molar-refractivity contribution in [2.24, 2.45) is 7.05 Å². The summed E-state index contributed by atoms with van der Waals surface area (Å²) in [5.41, 5.74) is 7.70. The molecule has 0 atom stereocenters. The molecule has 1 heterocycles. The van der Waals surface area contributed by atoms with Crippen LogP contribution in [0.4, 0.5) is 21.6 Å². The maximum absolute atomic E-state index is 13.1. The standard InChI is InChI=1S/C11H11BrClFN4/c1-5-9(15)11(18(2)17-5)16-10-7(12)3-6(14)4-8(10)13/h3-4,16H,15H2,1-2H3. The molecule has 3 N–H and O–H groups in total. The molecule has 7 heteroatoms. The smallest absolute Gasteiger partial charge is 0.152 e. The number of nitrogens with zero attached hydrogens (tertiary/aromatic N) is 2. The maximum atomic E-state index is 13.1. The largest absolute Gasteiger partial charge is 0.394 e. The van der Waals surface area contributed by atoms with Gasteiger partial charge in [0.05, 0.1) is 22.1 Å². The second-order valence-corrected chi connectivity index (χ2v) is 5.10. The molecule has 0 spiro atoms. The number of nitrogens with two attached hydrogens (primary N) is 1. The fraction of sp³-hybridized carbons (Fsp3) is 0.182. The molecule has 0 fully saturated rings. The highest BCUT2D eigenvalue weighted by molar-refractivity contribution is 9.10. The third-order valence-corrected chi connectivity index (χ3v) is 3.44. The summed E-state index contributed by atoms with van der Waals surface area (Å²) in [6.45, 7) is 1.81. The molecular formula is C11H11BrClFN4. The molecule has 0 saturated heterocycles. The van der Waals surface area contributed by atoms with Gasteiger partial charge in [-0.2, -0.15) is 5.10 Å². The fourth-order valence-electron chi connectivity index (χ4n) is 1.60. The number of rotatable bonds is 2. The topological polar surface area (TPSA) is 55.9 Å². The van der Waals surface area contributed by atoms with E-state index in [4.69, 9.17) is 17.3 Å². The molecule has 0 aliphatic heterocycles. The average Bonchev–Trinajstić information content (AvgIpc) is 2.48. The van der Waals surface area contributed by atoms with Gasteiger partial charge in [0, 0.05) is 11.5 Å². The second kappa shape index (κ2) is 4.78. The van der Waals surface area contributed by atoms with E-state index in [2.05, 4.69) is 26.3 Å². The van der Waals surface area contributed by atoms with Gasteiger partial charge in [0.1, 0.15) is 5.82 Å². The van der Waals surface area contributed by atoms with Gasteiger partial charge in [-0.25, -0.2) is 4.39 Å². The molecule has 0 radical (unpaired) electrons. The Labute approximate surface area is 117 Å². The maximum Gasteiger partial charge on any atom is 0.152 e. The van der Waals surface area contributed by atoms with E-state index in [0.717, 1.165) is 0 Å². The monoisotopic (exact) mass is 332 g/mol. The molecule has 18 heavy (non-hydrogen) atoms. The molecule has 1 aromatic carbocycles. The Kier molecular flexibility index (Phi) is 3.49. The number of anilines is 3. The van der Waals surface area contributed by atoms with E-state index in [1.165, 1.54) is 12.1 Å². The van der Waals surface area contributed by atoms with E-state index in [0.29, 0.717) is 27.4 Å². The van der Waals surface area contributed by atoms with Gasteiger partial charge in [-0.15, -0.1) is 0 Å². The van der Waals surface area contributed by atoms with E-state index in [9.17, 15) is 4.39 Å². The van der Waals surface area contributed by atoms with Crippen molar-refractivity contribution in [2.75, 3.05) is 11.1 Å². The van der Waals surface area contributed by atoms with Crippen molar-refractivity contribution in [3.05, 3.63) is 33.1 Å². The third kappa shape index (κ3) is 2.30. The Bertz CT molecular complexity index is 588. The van der Waals surface area contributed by atoms with E-state index in [-0.39, 0.29) is 5.02 Å². The molecule has 2 aromatic rings. The molecule has 96 valence electrons. The Morgan fingerprint density at radius 3 is 2.67 bits per heavy atom. The van der Waals surface area contributed by atoms with Crippen LogP contribution in [0.3, 0.4) is 0 Å². The quantitative estimate of drug-likeness (QED) is 0.882. The molecule has 0 unspecified atom stereocenters. The van der Waals surface area contributed by atoms with E-state index >= 15 is 0 Å². The zero-order chi connectivity index (χ0) is 13.4. The van der Waals surface area contributed by atoms with E-state index < -0.39 is 5.82 Å². The zero-order valence-electron chi connectivity index (χ0n) is 9.76. The first-order valence-electron chi connectivity index (χ1n) is 5.10. The Balaban J connectivity index is 2.46. The van der Waals surface area contributed by atoms with Crippen LogP contribution in [0.15, 0.2) is 16.6 Å². The van der Waals surface area contributed by atoms with Gasteiger partial charge in [0.2, 0.25) is 0 Å². The summed E-state index contributed by atoms with van der Waals surface area (Å²) in [5, 5.41) is 7.50. The van der Waals surface area contributed by atoms with Crippen molar-refractivity contribution < 1.29 is 4.39 Å². The second-order valence-electron chi connectivity index (χ2n) is 3.84. The predicted octanol–water partition coefficient (Wildman–Crippen LogP) is 3.61. The minimum absolute atomic E-state index is 0.264. The zero-order valence-corrected chi connectivity index (χ0v) is 12.1. The summed E-state index contributed by atoms with van der Waals surface area (Å²) in [4.78, 5) is 0. The molecule has 0 aliphatic rings. The number of nitrogen functional groups attached to an aromatic ring is 1. The van der Waals surface area contributed by atoms with E-state index in [1.807, 2.05) is 6.92 Å². The van der Waals surface area contributed by atoms with Gasteiger partial charge in [-0.3, -0.25) is 4.68 Å². The molecule has 0 saturated carbocycles. The van der Waals surface area contributed by atoms with Gasteiger partial charge in [0.15, 0.2) is 5.82 Å². The Morgan fingerprint density at radius 1 is 1.50 bits per heavy atom. The molecule has 0 aliphatic carbocycles. The highest BCUT2D eigenvalue weighted by Crippen LogP contribution is 2.35. The Hall–Kier alpha value is -1.27. The summed E-state index contributed by atoms with van der Waals surface area (Å²) in [7, 11) is 1.76. The van der Waals surface area contributed by atoms with E-state index in [1.54, 1.807) is 11.7 Å². The van der Waals surface area contributed by atoms with Crippen LogP contribution in [0, 0.1) is 12.7 Å². The number of aryl methyl sites for hydroxylation is 2. The van der Waals surface area contributed by atoms with Crippen LogP contribution in [-0.2, 0) is 7.05 Å². The van der Waals surface area contributed by atoms with Crippen molar-refractivity contribution in [1.82, 2.24) is 9.78 Å². The van der Waals surface area contributed by atoms with Gasteiger partial charge in [0.25, 0.3) is 0 Å². The molecule has 4 nitrogen and oxygen atoms in total. The summed E-state index contributed by atoms with van der Waals surface area (Å²) in [6.07, 6.45) is 0. The number of aromatic nitrogens is 2. The molecule has 0 amide bonds. The summed E-state index contributed by atoms with van der Waals surface area (Å²) < 4.78 is 15.3. The van der Waals surface area contributed by atoms with Crippen molar-refractivity contribution in [3.63, 3.8) is 0 Å². The number of benzene rings is 1. The van der Waals surface area contributed by atoms with Crippen LogP contribution in [0.5, 0.6) is 0 Å². The summed E-state index contributed by atoms with van der Waals surface area (Å²) in [5.74, 6) is 0.202. The number of hydrogen-bond donors (Lipinski definition) is 2. The van der Waals surface area contributed by atoms with Crippen molar-refractivity contribution in [2.45, 2.75) is 6.92 Å². The number of nitrogens with one attached hydrogen (secondary N) is 1. The van der Waals surface area contributed by atoms with Gasteiger partial charge < -0.3 is 11.1 Å². The highest BCUT2D eigenvalue weighted by Gasteiger charge is 2.14.